The fourth-order valence-electron chi connectivity index (χ4n) is 1.99. The summed E-state index contributed by atoms with van der Waals surface area (Å²) in [5.41, 5.74) is 4.64. The van der Waals surface area contributed by atoms with Gasteiger partial charge in [0.25, 0.3) is 0 Å². The molecular weight excluding hydrogens is 250 g/mol. The van der Waals surface area contributed by atoms with Gasteiger partial charge < -0.3 is 26.2 Å². The predicted octanol–water partition coefficient (Wildman–Crippen LogP) is 1.49. The fourth-order valence-corrected chi connectivity index (χ4v) is 1.99. The Hall–Kier alpha value is -1.95. The van der Waals surface area contributed by atoms with Crippen molar-refractivity contribution in [2.24, 2.45) is 5.73 Å². The van der Waals surface area contributed by atoms with E-state index in [4.69, 9.17) is 10.8 Å². The fraction of sp³-hybridized carbons (Fsp3) is 0.462. The number of benzene rings is 1. The summed E-state index contributed by atoms with van der Waals surface area (Å²) in [6.45, 7) is 3.22. The van der Waals surface area contributed by atoms with E-state index in [1.807, 2.05) is 6.92 Å². The van der Waals surface area contributed by atoms with Crippen molar-refractivity contribution in [1.82, 2.24) is 0 Å². The molecule has 0 aliphatic rings. The van der Waals surface area contributed by atoms with Gasteiger partial charge in [0.15, 0.2) is 11.5 Å². The molecule has 0 amide bonds. The van der Waals surface area contributed by atoms with Crippen LogP contribution in [0.15, 0.2) is 12.1 Å². The Morgan fingerprint density at radius 1 is 1.32 bits per heavy atom. The highest BCUT2D eigenvalue weighted by Crippen LogP contribution is 2.42. The third-order valence-corrected chi connectivity index (χ3v) is 3.25. The molecule has 6 heteroatoms. The molecule has 0 saturated heterocycles. The van der Waals surface area contributed by atoms with Crippen molar-refractivity contribution < 1.29 is 25.2 Å². The number of aliphatic carboxylic acids is 1. The molecule has 0 radical (unpaired) electrons. The van der Waals surface area contributed by atoms with Gasteiger partial charge in [-0.1, -0.05) is 13.0 Å². The predicted molar refractivity (Wildman–Crippen MR) is 69.3 cm³/mol. The normalized spacial score (nSPS) is 15.7. The molecule has 1 rings (SSSR count). The molecule has 0 heterocycles. The Morgan fingerprint density at radius 3 is 2.37 bits per heavy atom. The van der Waals surface area contributed by atoms with Gasteiger partial charge in [0, 0.05) is 5.56 Å². The van der Waals surface area contributed by atoms with Crippen LogP contribution in [-0.4, -0.2) is 31.9 Å². The zero-order valence-electron chi connectivity index (χ0n) is 10.9. The lowest BCUT2D eigenvalue weighted by Gasteiger charge is -2.26. The number of hydrogen-bond acceptors (Lipinski definition) is 5. The summed E-state index contributed by atoms with van der Waals surface area (Å²) in [5, 5.41) is 37.6. The molecule has 6 nitrogen and oxygen atoms in total. The monoisotopic (exact) mass is 269 g/mol. The number of rotatable bonds is 5. The Bertz CT molecular complexity index is 484. The summed E-state index contributed by atoms with van der Waals surface area (Å²) >= 11 is 0. The van der Waals surface area contributed by atoms with Crippen LogP contribution in [0.4, 0.5) is 0 Å². The molecule has 1 aromatic rings. The van der Waals surface area contributed by atoms with Crippen molar-refractivity contribution >= 4 is 5.97 Å². The number of hydrogen-bond donors (Lipinski definition) is 5. The minimum Gasteiger partial charge on any atom is -0.504 e. The lowest BCUT2D eigenvalue weighted by Crippen LogP contribution is -2.45. The Kier molecular flexibility index (Phi) is 4.26. The summed E-state index contributed by atoms with van der Waals surface area (Å²) in [7, 11) is 0. The summed E-state index contributed by atoms with van der Waals surface area (Å²) in [4.78, 5) is 11.0. The number of phenolic OH excluding ortho intramolecular Hbond substituents is 3. The van der Waals surface area contributed by atoms with E-state index in [-0.39, 0.29) is 12.3 Å². The van der Waals surface area contributed by atoms with Crippen LogP contribution in [0.2, 0.25) is 0 Å². The van der Waals surface area contributed by atoms with E-state index >= 15 is 0 Å². The molecule has 0 aliphatic heterocycles. The Morgan fingerprint density at radius 2 is 1.89 bits per heavy atom. The SMILES string of the molecule is CCC(CC(C)(N)C(=O)O)c1ccc(O)c(O)c1O. The highest BCUT2D eigenvalue weighted by Gasteiger charge is 2.32. The third kappa shape index (κ3) is 3.08. The second kappa shape index (κ2) is 5.36. The molecule has 0 aliphatic carbocycles. The Labute approximate surface area is 111 Å². The van der Waals surface area contributed by atoms with E-state index < -0.39 is 28.8 Å². The van der Waals surface area contributed by atoms with Crippen LogP contribution in [0.5, 0.6) is 17.2 Å². The summed E-state index contributed by atoms with van der Waals surface area (Å²) in [6, 6.07) is 2.71. The summed E-state index contributed by atoms with van der Waals surface area (Å²) in [5.74, 6) is -2.94. The average Bonchev–Trinajstić information content (AvgIpc) is 2.33. The number of carbonyl (C=O) groups is 1. The number of nitrogens with two attached hydrogens (primary N) is 1. The highest BCUT2D eigenvalue weighted by molar-refractivity contribution is 5.78. The van der Waals surface area contributed by atoms with Gasteiger partial charge in [0.1, 0.15) is 5.54 Å². The van der Waals surface area contributed by atoms with Gasteiger partial charge in [-0.3, -0.25) is 4.79 Å². The molecule has 1 aromatic carbocycles. The molecule has 0 bridgehead atoms. The number of carboxylic acids is 1. The van der Waals surface area contributed by atoms with Crippen LogP contribution < -0.4 is 5.73 Å². The van der Waals surface area contributed by atoms with Crippen molar-refractivity contribution in [2.75, 3.05) is 0 Å². The van der Waals surface area contributed by atoms with E-state index in [0.29, 0.717) is 12.0 Å². The van der Waals surface area contributed by atoms with Crippen molar-refractivity contribution in [3.63, 3.8) is 0 Å². The average molecular weight is 269 g/mol. The van der Waals surface area contributed by atoms with Gasteiger partial charge in [-0.25, -0.2) is 0 Å². The smallest absolute Gasteiger partial charge is 0.323 e. The molecule has 2 unspecified atom stereocenters. The largest absolute Gasteiger partial charge is 0.504 e. The molecule has 0 fully saturated rings. The molecule has 2 atom stereocenters. The van der Waals surface area contributed by atoms with E-state index in [1.54, 1.807) is 0 Å². The van der Waals surface area contributed by atoms with Crippen LogP contribution in [0, 0.1) is 0 Å². The molecule has 0 saturated carbocycles. The van der Waals surface area contributed by atoms with E-state index in [1.165, 1.54) is 19.1 Å². The van der Waals surface area contributed by atoms with Crippen LogP contribution >= 0.6 is 0 Å². The van der Waals surface area contributed by atoms with E-state index in [2.05, 4.69) is 0 Å². The van der Waals surface area contributed by atoms with Gasteiger partial charge in [0.05, 0.1) is 0 Å². The van der Waals surface area contributed by atoms with E-state index in [0.717, 1.165) is 0 Å². The van der Waals surface area contributed by atoms with Crippen molar-refractivity contribution in [3.8, 4) is 17.2 Å². The number of carboxylic acid groups (broad SMARTS) is 1. The first-order valence-corrected chi connectivity index (χ1v) is 5.96. The van der Waals surface area contributed by atoms with Crippen molar-refractivity contribution in [3.05, 3.63) is 17.7 Å². The molecule has 0 spiro atoms. The van der Waals surface area contributed by atoms with Gasteiger partial charge in [-0.05, 0) is 31.7 Å². The van der Waals surface area contributed by atoms with Crippen LogP contribution in [0.25, 0.3) is 0 Å². The second-order valence-corrected chi connectivity index (χ2v) is 4.90. The van der Waals surface area contributed by atoms with Crippen molar-refractivity contribution in [2.45, 2.75) is 38.1 Å². The molecule has 0 aromatic heterocycles. The topological polar surface area (TPSA) is 124 Å². The number of phenols is 3. The lowest BCUT2D eigenvalue weighted by atomic mass is 9.83. The van der Waals surface area contributed by atoms with Gasteiger partial charge in [-0.15, -0.1) is 0 Å². The first-order chi connectivity index (χ1) is 8.70. The zero-order chi connectivity index (χ0) is 14.8. The van der Waals surface area contributed by atoms with Crippen LogP contribution in [0.3, 0.4) is 0 Å². The molecule has 106 valence electrons. The van der Waals surface area contributed by atoms with Crippen molar-refractivity contribution in [1.29, 1.82) is 0 Å². The summed E-state index contributed by atoms with van der Waals surface area (Å²) in [6.07, 6.45) is 0.647. The molecule has 19 heavy (non-hydrogen) atoms. The standard InChI is InChI=1S/C13H19NO5/c1-3-7(6-13(2,14)12(18)19)8-4-5-9(15)11(17)10(8)16/h4-5,7,15-17H,3,6,14H2,1-2H3,(H,18,19). The van der Waals surface area contributed by atoms with Gasteiger partial charge in [-0.2, -0.15) is 0 Å². The first kappa shape index (κ1) is 15.1. The minimum atomic E-state index is -1.43. The maximum absolute atomic E-state index is 11.0. The third-order valence-electron chi connectivity index (χ3n) is 3.25. The van der Waals surface area contributed by atoms with E-state index in [9.17, 15) is 20.1 Å². The quantitative estimate of drug-likeness (QED) is 0.516. The highest BCUT2D eigenvalue weighted by atomic mass is 16.4. The minimum absolute atomic E-state index is 0.108. The maximum atomic E-state index is 11.0. The van der Waals surface area contributed by atoms with Crippen LogP contribution in [-0.2, 0) is 4.79 Å². The lowest BCUT2D eigenvalue weighted by molar-refractivity contribution is -0.143. The van der Waals surface area contributed by atoms with Crippen LogP contribution in [0.1, 0.15) is 38.2 Å². The molecular formula is C13H19NO5. The zero-order valence-corrected chi connectivity index (χ0v) is 10.9. The van der Waals surface area contributed by atoms with Gasteiger partial charge in [0.2, 0.25) is 5.75 Å². The van der Waals surface area contributed by atoms with Gasteiger partial charge >= 0.3 is 5.97 Å². The number of aromatic hydroxyl groups is 3. The summed E-state index contributed by atoms with van der Waals surface area (Å²) < 4.78 is 0. The first-order valence-electron chi connectivity index (χ1n) is 5.96. The molecule has 6 N–H and O–H groups in total. The second-order valence-electron chi connectivity index (χ2n) is 4.90. The maximum Gasteiger partial charge on any atom is 0.323 e. The Balaban J connectivity index is 3.12.